The Labute approximate surface area is 784 Å². The topological polar surface area (TPSA) is 526 Å². The number of esters is 2. The van der Waals surface area contributed by atoms with Crippen LogP contribution in [0.25, 0.3) is 0 Å². The molecule has 2 aromatic carbocycles. The van der Waals surface area contributed by atoms with Crippen LogP contribution in [0.2, 0.25) is 0 Å². The maximum atomic E-state index is 14.5. The lowest BCUT2D eigenvalue weighted by Gasteiger charge is -2.36. The lowest BCUT2D eigenvalue weighted by atomic mass is 9.84. The zero-order valence-electron chi connectivity index (χ0n) is 78.0. The number of amides is 8. The van der Waals surface area contributed by atoms with Gasteiger partial charge in [-0.05, 0) is 169 Å². The van der Waals surface area contributed by atoms with Gasteiger partial charge in [-0.1, -0.05) is 114 Å². The van der Waals surface area contributed by atoms with Crippen LogP contribution in [0.1, 0.15) is 158 Å². The number of allylic oxidation sites excluding steroid dienone is 7. The largest absolute Gasteiger partial charge is 0.508 e. The van der Waals surface area contributed by atoms with E-state index in [1.165, 1.54) is 98.6 Å². The SMILES string of the molecule is CC(=O)CC[C@H]1C(=O)N[C@@H](C(C)C)C(=O)N[C@@H](Cc2cc(O)cc(F)c2)C(=O)N2CCCC(N2)C(=O)O[C@H](/C(C)=C/C=C/C(=O)Nc2ccccn2)C/C=C/C=C/[C@H](O)[C@H](C)[C@H]1O.CC(=O)CC[C@H]1C(=O)N[C@@H](C(C)C)C(=O)N[C@@H](Cc2cc(O)cc(F)c2)C(=O)N2CCCC(N2)C(=O)O[C@H](/C(C)=C/C=O)C/C=C/C=C/[C@H](O)[C@H](C)[C@H]1O.CCOP(=O)(CC(=O)Nc1ccccn1)OCC. The number of phenols is 2. The molecule has 14 N–H and O–H groups in total. The van der Waals surface area contributed by atoms with Crippen LogP contribution in [0.15, 0.2) is 169 Å². The van der Waals surface area contributed by atoms with Crippen molar-refractivity contribution in [2.24, 2.45) is 35.5 Å². The lowest BCUT2D eigenvalue weighted by Crippen LogP contribution is -2.62. The van der Waals surface area contributed by atoms with Crippen molar-refractivity contribution in [3.05, 3.63) is 192 Å². The Morgan fingerprint density at radius 3 is 1.37 bits per heavy atom. The molecule has 0 saturated carbocycles. The van der Waals surface area contributed by atoms with E-state index in [2.05, 4.69) is 52.7 Å². The highest BCUT2D eigenvalue weighted by molar-refractivity contribution is 7.54. The van der Waals surface area contributed by atoms with Gasteiger partial charge >= 0.3 is 19.5 Å². The van der Waals surface area contributed by atoms with Crippen molar-refractivity contribution >= 4 is 96.3 Å². The van der Waals surface area contributed by atoms with Crippen LogP contribution in [0.5, 0.6) is 11.5 Å². The second-order valence-corrected chi connectivity index (χ2v) is 36.0. The number of ether oxygens (including phenoxy) is 2. The van der Waals surface area contributed by atoms with Gasteiger partial charge in [0.15, 0.2) is 0 Å². The Morgan fingerprint density at radius 1 is 0.578 bits per heavy atom. The molecule has 0 aliphatic carbocycles. The quantitative estimate of drug-likeness (QED) is 0.00985. The van der Waals surface area contributed by atoms with Crippen molar-refractivity contribution in [3.8, 4) is 11.5 Å². The van der Waals surface area contributed by atoms with E-state index >= 15 is 0 Å². The summed E-state index contributed by atoms with van der Waals surface area (Å²) in [5.41, 5.74) is 7.17. The van der Waals surface area contributed by atoms with Crippen molar-refractivity contribution in [2.75, 3.05) is 43.1 Å². The number of aromatic hydroxyl groups is 2. The molecular formula is C96H129F2N12O24P. The molecule has 2 fully saturated rings. The Kier molecular flexibility index (Phi) is 46.7. The minimum atomic E-state index is -3.35. The highest BCUT2D eigenvalue weighted by atomic mass is 31.2. The number of fused-ring (bicyclic) bond motifs is 4. The van der Waals surface area contributed by atoms with E-state index in [-0.39, 0.29) is 113 Å². The smallest absolute Gasteiger partial charge is 0.340 e. The summed E-state index contributed by atoms with van der Waals surface area (Å²) in [5.74, 6) is -14.2. The first kappa shape index (κ1) is 112. The fourth-order valence-electron chi connectivity index (χ4n) is 14.8. The highest BCUT2D eigenvalue weighted by Crippen LogP contribution is 2.48. The number of hydrogen-bond acceptors (Lipinski definition) is 28. The number of phenolic OH excluding ortho intramolecular Hbond substituents is 2. The number of nitrogens with zero attached hydrogens (tertiary/aromatic N) is 4. The molecule has 2 aromatic heterocycles. The monoisotopic (exact) mass is 1900 g/mol. The van der Waals surface area contributed by atoms with E-state index in [0.29, 0.717) is 48.3 Å². The predicted molar refractivity (Wildman–Crippen MR) is 496 cm³/mol. The molecular weight excluding hydrogens is 1770 g/mol. The molecule has 2 unspecified atom stereocenters. The van der Waals surface area contributed by atoms with Gasteiger partial charge in [-0.3, -0.25) is 67.3 Å². The molecule has 0 spiro atoms. The number of nitrogens with one attached hydrogen (secondary N) is 8. The molecule has 6 heterocycles. The van der Waals surface area contributed by atoms with Crippen LogP contribution in [-0.2, 0) is 98.3 Å². The van der Waals surface area contributed by atoms with E-state index in [1.54, 1.807) is 128 Å². The van der Waals surface area contributed by atoms with E-state index in [9.17, 15) is 106 Å². The number of ketones is 2. The number of benzene rings is 2. The number of Topliss-reactive ketones (excluding diaryl/α,β-unsaturated/α-hetero) is 2. The van der Waals surface area contributed by atoms with Gasteiger partial charge in [-0.25, -0.2) is 29.6 Å². The van der Waals surface area contributed by atoms with Crippen molar-refractivity contribution in [1.82, 2.24) is 52.1 Å². The molecule has 4 aromatic rings. The molecule has 736 valence electrons. The highest BCUT2D eigenvalue weighted by Gasteiger charge is 2.43. The molecule has 135 heavy (non-hydrogen) atoms. The molecule has 0 radical (unpaired) electrons. The summed E-state index contributed by atoms with van der Waals surface area (Å²) in [6, 6.07) is 9.37. The normalized spacial score (nSPS) is 26.0. The number of rotatable bonds is 25. The third kappa shape index (κ3) is 37.7. The molecule has 4 aliphatic rings. The zero-order valence-corrected chi connectivity index (χ0v) is 78.9. The zero-order chi connectivity index (χ0) is 99.8. The maximum Gasteiger partial charge on any atom is 0.340 e. The van der Waals surface area contributed by atoms with Crippen LogP contribution in [0, 0.1) is 47.1 Å². The van der Waals surface area contributed by atoms with Crippen LogP contribution >= 0.6 is 7.60 Å². The molecule has 2 saturated heterocycles. The number of carbonyl (C=O) groups is 13. The Bertz CT molecular complexity index is 4910. The van der Waals surface area contributed by atoms with Gasteiger partial charge in [-0.2, -0.15) is 0 Å². The number of aliphatic hydroxyl groups excluding tert-OH is 4. The number of aromatic nitrogens is 2. The van der Waals surface area contributed by atoms with Crippen molar-refractivity contribution in [2.45, 2.75) is 233 Å². The Balaban J connectivity index is 0.000000352. The summed E-state index contributed by atoms with van der Waals surface area (Å²) in [5, 5.41) is 83.3. The van der Waals surface area contributed by atoms with Crippen LogP contribution in [0.3, 0.4) is 0 Å². The van der Waals surface area contributed by atoms with Crippen LogP contribution < -0.4 is 42.8 Å². The summed E-state index contributed by atoms with van der Waals surface area (Å²) in [6.45, 7) is 19.8. The second-order valence-electron chi connectivity index (χ2n) is 34.0. The first-order valence-corrected chi connectivity index (χ1v) is 46.7. The van der Waals surface area contributed by atoms with Gasteiger partial charge in [0.1, 0.15) is 107 Å². The minimum Gasteiger partial charge on any atom is -0.508 e. The average molecular weight is 1900 g/mol. The first-order chi connectivity index (χ1) is 64.0. The first-order valence-electron chi connectivity index (χ1n) is 44.9. The average Bonchev–Trinajstić information content (AvgIpc) is 0.823. The number of anilines is 2. The van der Waals surface area contributed by atoms with E-state index in [1.807, 2.05) is 0 Å². The van der Waals surface area contributed by atoms with Crippen molar-refractivity contribution in [1.29, 1.82) is 0 Å². The van der Waals surface area contributed by atoms with Gasteiger partial charge in [0, 0.05) is 94.1 Å². The molecule has 39 heteroatoms. The summed E-state index contributed by atoms with van der Waals surface area (Å²) < 4.78 is 62.7. The van der Waals surface area contributed by atoms with E-state index in [4.69, 9.17) is 18.5 Å². The van der Waals surface area contributed by atoms with Crippen LogP contribution in [0.4, 0.5) is 20.4 Å². The number of hydrazine groups is 2. The Hall–Kier alpha value is -12.0. The number of hydrogen-bond donors (Lipinski definition) is 14. The molecule has 16 atom stereocenters. The number of aliphatic hydroxyl groups is 4. The molecule has 36 nitrogen and oxygen atoms in total. The van der Waals surface area contributed by atoms with E-state index < -0.39 is 198 Å². The number of halogens is 2. The number of aldehydes is 1. The molecule has 8 amide bonds. The number of carbonyl (C=O) groups excluding carboxylic acids is 13. The minimum absolute atomic E-state index is 0.0559. The molecule has 4 aliphatic heterocycles. The summed E-state index contributed by atoms with van der Waals surface area (Å²) in [7, 11) is -3.35. The molecule has 4 bridgehead atoms. The second kappa shape index (κ2) is 56.4. The van der Waals surface area contributed by atoms with Crippen molar-refractivity contribution < 1.29 is 125 Å². The third-order valence-electron chi connectivity index (χ3n) is 22.3. The summed E-state index contributed by atoms with van der Waals surface area (Å²) in [4.78, 5) is 179. The van der Waals surface area contributed by atoms with E-state index in [0.717, 1.165) is 24.3 Å². The summed E-state index contributed by atoms with van der Waals surface area (Å²) in [6.07, 6.45) is 15.1. The number of pyridine rings is 2. The van der Waals surface area contributed by atoms with Gasteiger partial charge in [0.25, 0.3) is 11.8 Å². The van der Waals surface area contributed by atoms with Crippen molar-refractivity contribution in [3.63, 3.8) is 0 Å². The van der Waals surface area contributed by atoms with Crippen LogP contribution in [-0.4, -0.2) is 233 Å². The lowest BCUT2D eigenvalue weighted by molar-refractivity contribution is -0.157. The van der Waals surface area contributed by atoms with Gasteiger partial charge in [-0.15, -0.1) is 0 Å². The third-order valence-corrected chi connectivity index (χ3v) is 24.3. The fourth-order valence-corrected chi connectivity index (χ4v) is 16.2. The Morgan fingerprint density at radius 2 is 0.993 bits per heavy atom. The number of cyclic esters (lactones) is 2. The van der Waals surface area contributed by atoms with Gasteiger partial charge in [0.05, 0.1) is 49.5 Å². The fraction of sp³-hybridized carbons (Fsp3) is 0.490. The maximum absolute atomic E-state index is 14.5. The summed E-state index contributed by atoms with van der Waals surface area (Å²) >= 11 is 0. The molecule has 8 rings (SSSR count). The predicted octanol–water partition coefficient (Wildman–Crippen LogP) is 7.90. The van der Waals surface area contributed by atoms with Gasteiger partial charge < -0.3 is 90.7 Å². The van der Waals surface area contributed by atoms with Gasteiger partial charge in [0.2, 0.25) is 35.4 Å². The standard InChI is InChI=1S/C46H59FN6O10.C39H53FN4O10.C11H17N2O4P/c1-27(2)41-44(60)49-36(25-31-23-32(47)26-33(55)24-31)45(61)53-22-12-14-35(52-53)46(62)63-38(28(3)13-11-18-40(57)50-39-17-9-10-21-48-39)16-8-6-7-15-37(56)30(5)42(58)34(43(59)51-41)20-19-29(4)54;1-22(2)34-37(51)41-31(20-26-18-27(40)21-28(47)19-26)38(52)44-16-9-10-30(43-44)39(53)54-33(23(3)15-17-45)12-8-6-7-11-32(48)25(5)35(49)29(36(50)42-34)14-13-24(4)46;1-3-16-18(15,17-4-2)9-11(14)13-10-7-5-6-8-12-10/h6-11,13,15,17-18,21,23-24,26-27,30,34-38,41-42,52,55-56,58H,12,14,16,19-20,22,25H2,1-5H3,(H,49,60)(H,51,59)(H,48,50,57);6-8,11,15,17-19,21-22,25,29-35,43,47-49H,9-10,12-14,16,20H2,1-5H3,(H,41,51)(H,42,50);5-8H,3-4,9H2,1-2H3,(H,12,13,14)/b8-6+,15-7+,18-11+,28-13+;8-6+,11-7+,23-15+;/t30-,34+,35?,36-,37-,38-,41-,42+;25-,29+,30?,31-,32-,33-,34-,35+;/m00./s1.